The summed E-state index contributed by atoms with van der Waals surface area (Å²) in [4.78, 5) is 12.0. The number of benzene rings is 1. The van der Waals surface area contributed by atoms with Gasteiger partial charge in [0.15, 0.2) is 5.78 Å². The van der Waals surface area contributed by atoms with Gasteiger partial charge in [0.05, 0.1) is 11.3 Å². The number of aryl methyl sites for hydroxylation is 1. The minimum Gasteiger partial charge on any atom is -0.293 e. The van der Waals surface area contributed by atoms with Crippen LogP contribution in [0, 0.1) is 12.7 Å². The average Bonchev–Trinajstić information content (AvgIpc) is 2.40. The number of hydrogen-bond acceptors (Lipinski definition) is 2. The molecule has 98 valence electrons. The molecule has 1 aliphatic rings. The van der Waals surface area contributed by atoms with Gasteiger partial charge in [0.2, 0.25) is 0 Å². The van der Waals surface area contributed by atoms with Crippen molar-refractivity contribution in [3.05, 3.63) is 35.1 Å². The van der Waals surface area contributed by atoms with Crippen molar-refractivity contribution in [3.8, 4) is 0 Å². The summed E-state index contributed by atoms with van der Waals surface area (Å²) in [5, 5.41) is 0.593. The molecule has 1 nitrogen and oxygen atoms in total. The normalized spacial score (nSPS) is 16.8. The maximum absolute atomic E-state index is 13.6. The van der Waals surface area contributed by atoms with E-state index in [0.29, 0.717) is 11.0 Å². The topological polar surface area (TPSA) is 17.1 Å². The van der Waals surface area contributed by atoms with Gasteiger partial charge in [0.1, 0.15) is 5.82 Å². The Hall–Kier alpha value is -0.830. The molecular weight excluding hydrogens is 247 g/mol. The number of thioether (sulfide) groups is 1. The summed E-state index contributed by atoms with van der Waals surface area (Å²) in [6, 6.07) is 4.73. The van der Waals surface area contributed by atoms with Gasteiger partial charge in [-0.05, 0) is 31.9 Å². The first-order valence-corrected chi connectivity index (χ1v) is 7.62. The van der Waals surface area contributed by atoms with Gasteiger partial charge in [0, 0.05) is 5.25 Å². The highest BCUT2D eigenvalue weighted by Crippen LogP contribution is 2.28. The first-order chi connectivity index (χ1) is 8.66. The third kappa shape index (κ3) is 3.58. The van der Waals surface area contributed by atoms with Crippen LogP contribution >= 0.6 is 11.8 Å². The summed E-state index contributed by atoms with van der Waals surface area (Å²) < 4.78 is 13.6. The summed E-state index contributed by atoms with van der Waals surface area (Å²) in [5.41, 5.74) is 1.18. The molecule has 1 aromatic carbocycles. The van der Waals surface area contributed by atoms with Crippen molar-refractivity contribution in [2.45, 2.75) is 44.3 Å². The number of halogens is 1. The molecule has 2 rings (SSSR count). The van der Waals surface area contributed by atoms with E-state index in [4.69, 9.17) is 0 Å². The molecule has 0 N–H and O–H groups in total. The van der Waals surface area contributed by atoms with Crippen molar-refractivity contribution in [1.82, 2.24) is 0 Å². The van der Waals surface area contributed by atoms with Gasteiger partial charge in [-0.15, -0.1) is 0 Å². The largest absolute Gasteiger partial charge is 0.293 e. The molecule has 1 saturated carbocycles. The predicted molar refractivity (Wildman–Crippen MR) is 74.8 cm³/mol. The lowest BCUT2D eigenvalue weighted by Crippen LogP contribution is -2.13. The number of carbonyl (C=O) groups excluding carboxylic acids is 1. The third-order valence-electron chi connectivity index (χ3n) is 3.42. The molecular formula is C15H19FOS. The Balaban J connectivity index is 1.92. The fraction of sp³-hybridized carbons (Fsp3) is 0.533. The van der Waals surface area contributed by atoms with Gasteiger partial charge in [-0.25, -0.2) is 4.39 Å². The summed E-state index contributed by atoms with van der Waals surface area (Å²) >= 11 is 1.70. The maximum Gasteiger partial charge on any atom is 0.175 e. The fourth-order valence-electron chi connectivity index (χ4n) is 2.36. The highest BCUT2D eigenvalue weighted by atomic mass is 32.2. The molecule has 0 spiro atoms. The molecule has 0 radical (unpaired) electrons. The van der Waals surface area contributed by atoms with Crippen LogP contribution in [0.5, 0.6) is 0 Å². The molecule has 0 aliphatic heterocycles. The zero-order valence-corrected chi connectivity index (χ0v) is 11.6. The molecule has 0 bridgehead atoms. The minimum absolute atomic E-state index is 0.0771. The van der Waals surface area contributed by atoms with Crippen molar-refractivity contribution in [2.75, 3.05) is 5.75 Å². The molecule has 3 heteroatoms. The Bertz CT molecular complexity index is 425. The molecule has 0 amide bonds. The maximum atomic E-state index is 13.6. The second kappa shape index (κ2) is 6.37. The quantitative estimate of drug-likeness (QED) is 0.752. The molecule has 1 aromatic rings. The first kappa shape index (κ1) is 13.6. The first-order valence-electron chi connectivity index (χ1n) is 6.58. The van der Waals surface area contributed by atoms with Crippen LogP contribution in [-0.4, -0.2) is 16.8 Å². The van der Waals surface area contributed by atoms with E-state index in [-0.39, 0.29) is 11.3 Å². The zero-order chi connectivity index (χ0) is 13.0. The number of hydrogen-bond donors (Lipinski definition) is 0. The molecule has 0 unspecified atom stereocenters. The van der Waals surface area contributed by atoms with Crippen molar-refractivity contribution in [2.24, 2.45) is 0 Å². The van der Waals surface area contributed by atoms with Gasteiger partial charge >= 0.3 is 0 Å². The smallest absolute Gasteiger partial charge is 0.175 e. The Kier molecular flexibility index (Phi) is 4.81. The van der Waals surface area contributed by atoms with Crippen LogP contribution in [0.4, 0.5) is 4.39 Å². The number of Topliss-reactive ketones (excluding diaryl/α,β-unsaturated/α-hetero) is 1. The van der Waals surface area contributed by atoms with E-state index in [9.17, 15) is 9.18 Å². The molecule has 0 atom stereocenters. The third-order valence-corrected chi connectivity index (χ3v) is 4.80. The van der Waals surface area contributed by atoms with E-state index < -0.39 is 5.82 Å². The monoisotopic (exact) mass is 266 g/mol. The van der Waals surface area contributed by atoms with Crippen LogP contribution in [0.2, 0.25) is 0 Å². The second-order valence-corrected chi connectivity index (χ2v) is 6.27. The van der Waals surface area contributed by atoms with Crippen molar-refractivity contribution in [3.63, 3.8) is 0 Å². The van der Waals surface area contributed by atoms with Gasteiger partial charge in [-0.2, -0.15) is 11.8 Å². The lowest BCUT2D eigenvalue weighted by atomic mass is 10.0. The van der Waals surface area contributed by atoms with Crippen LogP contribution < -0.4 is 0 Å². The molecule has 1 aliphatic carbocycles. The van der Waals surface area contributed by atoms with E-state index in [1.165, 1.54) is 38.2 Å². The highest BCUT2D eigenvalue weighted by Gasteiger charge is 2.17. The number of carbonyl (C=O) groups is 1. The van der Waals surface area contributed by atoms with E-state index in [2.05, 4.69) is 0 Å². The summed E-state index contributed by atoms with van der Waals surface area (Å²) in [6.45, 7) is 1.88. The van der Waals surface area contributed by atoms with Gasteiger partial charge in [0.25, 0.3) is 0 Å². The van der Waals surface area contributed by atoms with E-state index in [1.807, 2.05) is 6.92 Å². The molecule has 1 fully saturated rings. The van der Waals surface area contributed by atoms with Crippen LogP contribution in [0.3, 0.4) is 0 Å². The van der Waals surface area contributed by atoms with Gasteiger partial charge < -0.3 is 0 Å². The van der Waals surface area contributed by atoms with Crippen LogP contribution in [0.1, 0.15) is 48.0 Å². The highest BCUT2D eigenvalue weighted by molar-refractivity contribution is 8.00. The van der Waals surface area contributed by atoms with Gasteiger partial charge in [-0.3, -0.25) is 4.79 Å². The van der Waals surface area contributed by atoms with E-state index in [1.54, 1.807) is 23.9 Å². The van der Waals surface area contributed by atoms with Crippen molar-refractivity contribution >= 4 is 17.5 Å². The van der Waals surface area contributed by atoms with Crippen molar-refractivity contribution < 1.29 is 9.18 Å². The Labute approximate surface area is 112 Å². The summed E-state index contributed by atoms with van der Waals surface area (Å²) in [7, 11) is 0. The van der Waals surface area contributed by atoms with Crippen LogP contribution in [-0.2, 0) is 0 Å². The van der Waals surface area contributed by atoms with E-state index in [0.717, 1.165) is 5.56 Å². The second-order valence-electron chi connectivity index (χ2n) is 4.98. The molecule has 0 aromatic heterocycles. The predicted octanol–water partition coefficient (Wildman–Crippen LogP) is 4.38. The minimum atomic E-state index is -0.394. The number of rotatable bonds is 4. The van der Waals surface area contributed by atoms with Crippen molar-refractivity contribution in [1.29, 1.82) is 0 Å². The molecule has 0 heterocycles. The van der Waals surface area contributed by atoms with Crippen LogP contribution in [0.15, 0.2) is 18.2 Å². The van der Waals surface area contributed by atoms with E-state index >= 15 is 0 Å². The molecule has 0 saturated heterocycles. The van der Waals surface area contributed by atoms with Crippen LogP contribution in [0.25, 0.3) is 0 Å². The Morgan fingerprint density at radius 1 is 1.33 bits per heavy atom. The fourth-order valence-corrected chi connectivity index (χ4v) is 3.57. The molecule has 18 heavy (non-hydrogen) atoms. The Morgan fingerprint density at radius 2 is 2.06 bits per heavy atom. The number of ketones is 1. The van der Waals surface area contributed by atoms with Gasteiger partial charge in [-0.1, -0.05) is 30.9 Å². The lowest BCUT2D eigenvalue weighted by Gasteiger charge is -2.20. The summed E-state index contributed by atoms with van der Waals surface area (Å²) in [5.74, 6) is -0.0629. The Morgan fingerprint density at radius 3 is 2.78 bits per heavy atom. The SMILES string of the molecule is Cc1ccc(F)c(C(=O)CSC2CCCCC2)c1. The average molecular weight is 266 g/mol. The zero-order valence-electron chi connectivity index (χ0n) is 10.7. The standard InChI is InChI=1S/C15H19FOS/c1-11-7-8-14(16)13(9-11)15(17)10-18-12-5-3-2-4-6-12/h7-9,12H,2-6,10H2,1H3. The summed E-state index contributed by atoms with van der Waals surface area (Å²) in [6.07, 6.45) is 6.26. The lowest BCUT2D eigenvalue weighted by molar-refractivity contribution is 0.101.